The van der Waals surface area contributed by atoms with Crippen molar-refractivity contribution in [1.29, 1.82) is 0 Å². The van der Waals surface area contributed by atoms with E-state index in [2.05, 4.69) is 20.5 Å². The smallest absolute Gasteiger partial charge is 0.355 e. The Hall–Kier alpha value is -4.51. The maximum Gasteiger partial charge on any atom is 0.355 e. The van der Waals surface area contributed by atoms with E-state index in [1.165, 1.54) is 18.4 Å². The summed E-state index contributed by atoms with van der Waals surface area (Å²) in [4.78, 5) is 42.0. The zero-order valence-electron chi connectivity index (χ0n) is 20.8. The molecule has 2 aromatic carbocycles. The van der Waals surface area contributed by atoms with Crippen molar-refractivity contribution in [1.82, 2.24) is 24.3 Å². The maximum absolute atomic E-state index is 13.5. The van der Waals surface area contributed by atoms with Crippen LogP contribution < -0.4 is 21.4 Å². The first kappa shape index (κ1) is 26.6. The van der Waals surface area contributed by atoms with E-state index in [1.807, 2.05) is 6.92 Å². The lowest BCUT2D eigenvalue weighted by molar-refractivity contribution is -0.142. The van der Waals surface area contributed by atoms with Crippen LogP contribution in [-0.4, -0.2) is 35.4 Å². The number of carboxylic acids is 1. The molecule has 2 heterocycles. The maximum atomic E-state index is 13.5. The first-order valence-electron chi connectivity index (χ1n) is 11.7. The number of halogens is 1. The Morgan fingerprint density at radius 3 is 2.32 bits per heavy atom. The minimum atomic E-state index is -1.13. The molecule has 0 amide bonds. The molecule has 0 fully saturated rings. The molecule has 0 radical (unpaired) electrons. The van der Waals surface area contributed by atoms with Gasteiger partial charge in [-0.2, -0.15) is 10.1 Å². The second kappa shape index (κ2) is 11.3. The van der Waals surface area contributed by atoms with Crippen LogP contribution in [0.1, 0.15) is 31.1 Å². The molecule has 0 aliphatic rings. The molecule has 2 atom stereocenters. The number of nitrogens with zero attached hydrogens (tertiary/aromatic N) is 5. The third-order valence-corrected chi connectivity index (χ3v) is 6.23. The van der Waals surface area contributed by atoms with Gasteiger partial charge < -0.3 is 15.2 Å². The number of benzene rings is 2. The largest absolute Gasteiger partial charge is 0.481 e. The highest BCUT2D eigenvalue weighted by atomic mass is 35.5. The number of carboxylic acid groups (broad SMARTS) is 1. The van der Waals surface area contributed by atoms with Crippen LogP contribution in [0.3, 0.4) is 0 Å². The summed E-state index contributed by atoms with van der Waals surface area (Å²) in [5.74, 6) is -1.28. The van der Waals surface area contributed by atoms with Crippen LogP contribution in [0.5, 0.6) is 11.6 Å². The lowest BCUT2D eigenvalue weighted by Crippen LogP contribution is -2.46. The predicted octanol–water partition coefficient (Wildman–Crippen LogP) is 4.02. The summed E-state index contributed by atoms with van der Waals surface area (Å²) < 4.78 is 7.83. The van der Waals surface area contributed by atoms with Crippen molar-refractivity contribution in [3.63, 3.8) is 0 Å². The number of aromatic nitrogens is 5. The average Bonchev–Trinajstić information content (AvgIpc) is 2.89. The van der Waals surface area contributed by atoms with E-state index >= 15 is 0 Å². The van der Waals surface area contributed by atoms with E-state index in [0.29, 0.717) is 22.3 Å². The third kappa shape index (κ3) is 6.06. The lowest BCUT2D eigenvalue weighted by atomic mass is 10.0. The van der Waals surface area contributed by atoms with E-state index in [-0.39, 0.29) is 12.5 Å². The van der Waals surface area contributed by atoms with Crippen molar-refractivity contribution in [3.8, 4) is 11.6 Å². The molecule has 0 aliphatic carbocycles. The SMILES string of the molecule is Cc1ccc(Oc2ccc(Nc3nc(=O)n([C@@H](C)[C@@H](C)C(=O)O)c(=O)n3Cc3ccc(Cl)cc3)cc2)nn1. The predicted molar refractivity (Wildman–Crippen MR) is 141 cm³/mol. The van der Waals surface area contributed by atoms with Gasteiger partial charge in [-0.15, -0.1) is 5.10 Å². The summed E-state index contributed by atoms with van der Waals surface area (Å²) in [6.45, 7) is 4.82. The van der Waals surface area contributed by atoms with Gasteiger partial charge in [0.25, 0.3) is 0 Å². The molecule has 4 aromatic rings. The highest BCUT2D eigenvalue weighted by Crippen LogP contribution is 2.23. The fourth-order valence-electron chi connectivity index (χ4n) is 3.59. The number of carbonyl (C=O) groups is 1. The van der Waals surface area contributed by atoms with Gasteiger partial charge in [0.2, 0.25) is 11.8 Å². The van der Waals surface area contributed by atoms with Gasteiger partial charge in [0.1, 0.15) is 5.75 Å². The number of anilines is 2. The summed E-state index contributed by atoms with van der Waals surface area (Å²) in [5.41, 5.74) is 0.480. The van der Waals surface area contributed by atoms with Gasteiger partial charge in [0.05, 0.1) is 24.2 Å². The first-order valence-corrected chi connectivity index (χ1v) is 12.1. The molecule has 0 unspecified atom stereocenters. The molecule has 0 aliphatic heterocycles. The van der Waals surface area contributed by atoms with E-state index < -0.39 is 29.3 Å². The molecule has 38 heavy (non-hydrogen) atoms. The van der Waals surface area contributed by atoms with Crippen LogP contribution in [0.4, 0.5) is 11.6 Å². The molecule has 0 saturated carbocycles. The first-order chi connectivity index (χ1) is 18.1. The molecule has 196 valence electrons. The molecule has 2 N–H and O–H groups in total. The van der Waals surface area contributed by atoms with E-state index in [9.17, 15) is 19.5 Å². The van der Waals surface area contributed by atoms with Crippen LogP contribution in [-0.2, 0) is 11.3 Å². The van der Waals surface area contributed by atoms with E-state index in [0.717, 1.165) is 15.8 Å². The van der Waals surface area contributed by atoms with Crippen molar-refractivity contribution in [2.45, 2.75) is 33.4 Å². The summed E-state index contributed by atoms with van der Waals surface area (Å²) in [5, 5.41) is 20.9. The van der Waals surface area contributed by atoms with Crippen LogP contribution in [0, 0.1) is 12.8 Å². The molecular formula is C26H25ClN6O5. The normalized spacial score (nSPS) is 12.5. The molecule has 0 bridgehead atoms. The van der Waals surface area contributed by atoms with Crippen LogP contribution >= 0.6 is 11.6 Å². The summed E-state index contributed by atoms with van der Waals surface area (Å²) in [6.07, 6.45) is 0. The fraction of sp³-hybridized carbons (Fsp3) is 0.231. The van der Waals surface area contributed by atoms with Crippen molar-refractivity contribution in [2.24, 2.45) is 5.92 Å². The van der Waals surface area contributed by atoms with Gasteiger partial charge in [-0.3, -0.25) is 9.36 Å². The summed E-state index contributed by atoms with van der Waals surface area (Å²) in [7, 11) is 0. The average molecular weight is 537 g/mol. The van der Waals surface area contributed by atoms with Crippen molar-refractivity contribution in [2.75, 3.05) is 5.32 Å². The third-order valence-electron chi connectivity index (χ3n) is 5.98. The quantitative estimate of drug-likeness (QED) is 0.324. The summed E-state index contributed by atoms with van der Waals surface area (Å²) >= 11 is 6.00. The zero-order chi connectivity index (χ0) is 27.4. The highest BCUT2D eigenvalue weighted by Gasteiger charge is 2.26. The lowest BCUT2D eigenvalue weighted by Gasteiger charge is -2.21. The minimum absolute atomic E-state index is 0.000511. The Balaban J connectivity index is 1.68. The summed E-state index contributed by atoms with van der Waals surface area (Å²) in [6, 6.07) is 16.2. The van der Waals surface area contributed by atoms with Gasteiger partial charge >= 0.3 is 17.3 Å². The Kier molecular flexibility index (Phi) is 7.87. The molecule has 0 saturated heterocycles. The fourth-order valence-corrected chi connectivity index (χ4v) is 3.72. The topological polar surface area (TPSA) is 141 Å². The van der Waals surface area contributed by atoms with Gasteiger partial charge in [0.15, 0.2) is 0 Å². The molecule has 11 nitrogen and oxygen atoms in total. The monoisotopic (exact) mass is 536 g/mol. The van der Waals surface area contributed by atoms with Crippen LogP contribution in [0.2, 0.25) is 5.02 Å². The van der Waals surface area contributed by atoms with Crippen LogP contribution in [0.25, 0.3) is 0 Å². The molecule has 12 heteroatoms. The minimum Gasteiger partial charge on any atom is -0.481 e. The van der Waals surface area contributed by atoms with Crippen molar-refractivity contribution in [3.05, 3.63) is 97.9 Å². The Labute approximate surface area is 222 Å². The van der Waals surface area contributed by atoms with E-state index in [4.69, 9.17) is 16.3 Å². The van der Waals surface area contributed by atoms with Crippen molar-refractivity contribution >= 4 is 29.2 Å². The van der Waals surface area contributed by atoms with Gasteiger partial charge in [-0.25, -0.2) is 14.2 Å². The Bertz CT molecular complexity index is 1550. The van der Waals surface area contributed by atoms with E-state index in [1.54, 1.807) is 60.7 Å². The molecule has 0 spiro atoms. The molecular weight excluding hydrogens is 512 g/mol. The second-order valence-electron chi connectivity index (χ2n) is 8.72. The number of rotatable bonds is 9. The number of aryl methyl sites for hydroxylation is 1. The Morgan fingerprint density at radius 1 is 1.03 bits per heavy atom. The number of ether oxygens (including phenoxy) is 1. The molecule has 2 aromatic heterocycles. The Morgan fingerprint density at radius 2 is 1.71 bits per heavy atom. The van der Waals surface area contributed by atoms with Gasteiger partial charge in [0, 0.05) is 16.8 Å². The van der Waals surface area contributed by atoms with Crippen LogP contribution in [0.15, 0.2) is 70.3 Å². The second-order valence-corrected chi connectivity index (χ2v) is 9.15. The number of hydrogen-bond donors (Lipinski definition) is 2. The molecule has 4 rings (SSSR count). The van der Waals surface area contributed by atoms with Crippen molar-refractivity contribution < 1.29 is 14.6 Å². The number of nitrogens with one attached hydrogen (secondary N) is 1. The highest BCUT2D eigenvalue weighted by molar-refractivity contribution is 6.30. The van der Waals surface area contributed by atoms with Gasteiger partial charge in [-0.05, 0) is 68.8 Å². The number of aliphatic carboxylic acids is 1. The standard InChI is InChI=1S/C26H25ClN6O5/c1-15-4-13-22(31-30-15)38-21-11-9-20(10-12-21)28-24-29-25(36)33(17(3)16(2)23(34)35)26(37)32(24)14-18-5-7-19(27)8-6-18/h4-13,16-17H,14H2,1-3H3,(H,34,35)(H,28,29,36)/t16-,17+/m1/s1. The number of hydrogen-bond acceptors (Lipinski definition) is 8. The zero-order valence-corrected chi connectivity index (χ0v) is 21.6. The van der Waals surface area contributed by atoms with Gasteiger partial charge in [-0.1, -0.05) is 23.7 Å².